The SMILES string of the molecule is CC(C(=O)NC(C)C(C)C(=O)O)c1cccc([N+](=O)[O-])c1. The first-order valence-electron chi connectivity index (χ1n) is 6.51. The standard InChI is InChI=1S/C14H18N2O5/c1-8(14(18)19)10(3)15-13(17)9(2)11-5-4-6-12(7-11)16(20)21/h4-10H,1-3H3,(H,15,17)(H,18,19). The Hall–Kier alpha value is -2.44. The summed E-state index contributed by atoms with van der Waals surface area (Å²) in [6.45, 7) is 4.73. The van der Waals surface area contributed by atoms with Crippen molar-refractivity contribution in [2.45, 2.75) is 32.7 Å². The normalized spacial score (nSPS) is 14.8. The van der Waals surface area contributed by atoms with Crippen molar-refractivity contribution in [1.82, 2.24) is 5.32 Å². The van der Waals surface area contributed by atoms with E-state index in [1.807, 2.05) is 0 Å². The maximum atomic E-state index is 12.1. The molecule has 0 aromatic heterocycles. The van der Waals surface area contributed by atoms with E-state index in [1.165, 1.54) is 25.1 Å². The molecule has 2 N–H and O–H groups in total. The molecule has 7 nitrogen and oxygen atoms in total. The second-order valence-electron chi connectivity index (χ2n) is 5.00. The molecule has 3 unspecified atom stereocenters. The Morgan fingerprint density at radius 1 is 1.29 bits per heavy atom. The first kappa shape index (κ1) is 16.6. The average molecular weight is 294 g/mol. The summed E-state index contributed by atoms with van der Waals surface area (Å²) in [5, 5.41) is 22.2. The molecule has 0 aliphatic rings. The Labute approximate surface area is 122 Å². The van der Waals surface area contributed by atoms with Crippen molar-refractivity contribution in [3.05, 3.63) is 39.9 Å². The summed E-state index contributed by atoms with van der Waals surface area (Å²) in [6.07, 6.45) is 0. The minimum Gasteiger partial charge on any atom is -0.481 e. The van der Waals surface area contributed by atoms with Gasteiger partial charge in [0.1, 0.15) is 0 Å². The zero-order valence-corrected chi connectivity index (χ0v) is 12.1. The van der Waals surface area contributed by atoms with Gasteiger partial charge >= 0.3 is 5.97 Å². The van der Waals surface area contributed by atoms with E-state index in [1.54, 1.807) is 19.9 Å². The van der Waals surface area contributed by atoms with E-state index in [-0.39, 0.29) is 11.6 Å². The molecule has 0 saturated carbocycles. The van der Waals surface area contributed by atoms with Gasteiger partial charge in [0.25, 0.3) is 5.69 Å². The third-order valence-electron chi connectivity index (χ3n) is 3.48. The van der Waals surface area contributed by atoms with Crippen LogP contribution < -0.4 is 5.32 Å². The zero-order chi connectivity index (χ0) is 16.2. The number of benzene rings is 1. The summed E-state index contributed by atoms with van der Waals surface area (Å²) < 4.78 is 0. The number of nitrogens with zero attached hydrogens (tertiary/aromatic N) is 1. The molecule has 0 aliphatic carbocycles. The predicted molar refractivity (Wildman–Crippen MR) is 75.9 cm³/mol. The van der Waals surface area contributed by atoms with Crippen molar-refractivity contribution < 1.29 is 19.6 Å². The lowest BCUT2D eigenvalue weighted by Gasteiger charge is -2.20. The predicted octanol–water partition coefficient (Wildman–Crippen LogP) is 1.92. The fourth-order valence-corrected chi connectivity index (χ4v) is 1.75. The van der Waals surface area contributed by atoms with Crippen LogP contribution in [0.3, 0.4) is 0 Å². The fraction of sp³-hybridized carbons (Fsp3) is 0.429. The summed E-state index contributed by atoms with van der Waals surface area (Å²) in [5.41, 5.74) is 0.427. The highest BCUT2D eigenvalue weighted by Gasteiger charge is 2.24. The number of hydrogen-bond donors (Lipinski definition) is 2. The molecule has 0 bridgehead atoms. The molecule has 114 valence electrons. The van der Waals surface area contributed by atoms with E-state index in [0.717, 1.165) is 0 Å². The number of carbonyl (C=O) groups is 2. The number of nitro groups is 1. The van der Waals surface area contributed by atoms with Crippen molar-refractivity contribution in [3.63, 3.8) is 0 Å². The zero-order valence-electron chi connectivity index (χ0n) is 12.1. The molecule has 0 spiro atoms. The molecular weight excluding hydrogens is 276 g/mol. The lowest BCUT2D eigenvalue weighted by Crippen LogP contribution is -2.41. The van der Waals surface area contributed by atoms with Gasteiger partial charge in [-0.05, 0) is 26.3 Å². The van der Waals surface area contributed by atoms with Gasteiger partial charge in [0, 0.05) is 18.2 Å². The molecule has 1 aromatic carbocycles. The number of aliphatic carboxylic acids is 1. The number of nitrogens with one attached hydrogen (secondary N) is 1. The van der Waals surface area contributed by atoms with E-state index >= 15 is 0 Å². The van der Waals surface area contributed by atoms with Gasteiger partial charge in [0.05, 0.1) is 16.8 Å². The number of carbonyl (C=O) groups excluding carboxylic acids is 1. The Kier molecular flexibility index (Phi) is 5.40. The smallest absolute Gasteiger partial charge is 0.308 e. The molecule has 1 aromatic rings. The van der Waals surface area contributed by atoms with Gasteiger partial charge < -0.3 is 10.4 Å². The van der Waals surface area contributed by atoms with Crippen LogP contribution in [0.5, 0.6) is 0 Å². The fourth-order valence-electron chi connectivity index (χ4n) is 1.75. The van der Waals surface area contributed by atoms with E-state index < -0.39 is 28.8 Å². The third-order valence-corrected chi connectivity index (χ3v) is 3.48. The third kappa shape index (κ3) is 4.27. The maximum absolute atomic E-state index is 12.1. The number of non-ortho nitro benzene ring substituents is 1. The van der Waals surface area contributed by atoms with Crippen LogP contribution in [-0.4, -0.2) is 27.9 Å². The first-order chi connectivity index (χ1) is 9.73. The molecule has 21 heavy (non-hydrogen) atoms. The summed E-state index contributed by atoms with van der Waals surface area (Å²) >= 11 is 0. The number of nitro benzene ring substituents is 1. The molecule has 0 saturated heterocycles. The number of rotatable bonds is 6. The van der Waals surface area contributed by atoms with E-state index in [9.17, 15) is 19.7 Å². The molecule has 3 atom stereocenters. The van der Waals surface area contributed by atoms with Crippen molar-refractivity contribution in [2.75, 3.05) is 0 Å². The minimum absolute atomic E-state index is 0.0842. The Bertz CT molecular complexity index is 558. The second kappa shape index (κ2) is 6.83. The highest BCUT2D eigenvalue weighted by molar-refractivity contribution is 5.84. The van der Waals surface area contributed by atoms with Crippen LogP contribution in [0.15, 0.2) is 24.3 Å². The lowest BCUT2D eigenvalue weighted by molar-refractivity contribution is -0.384. The first-order valence-corrected chi connectivity index (χ1v) is 6.51. The van der Waals surface area contributed by atoms with Crippen LogP contribution in [0.2, 0.25) is 0 Å². The van der Waals surface area contributed by atoms with Gasteiger partial charge in [0.15, 0.2) is 0 Å². The van der Waals surface area contributed by atoms with Gasteiger partial charge in [0.2, 0.25) is 5.91 Å². The van der Waals surface area contributed by atoms with Gasteiger partial charge in [-0.25, -0.2) is 0 Å². The monoisotopic (exact) mass is 294 g/mol. The number of amides is 1. The van der Waals surface area contributed by atoms with Gasteiger partial charge in [-0.15, -0.1) is 0 Å². The minimum atomic E-state index is -0.995. The van der Waals surface area contributed by atoms with Crippen LogP contribution in [0.1, 0.15) is 32.3 Å². The largest absolute Gasteiger partial charge is 0.481 e. The number of carboxylic acids is 1. The van der Waals surface area contributed by atoms with Crippen LogP contribution in [-0.2, 0) is 9.59 Å². The molecule has 7 heteroatoms. The summed E-state index contributed by atoms with van der Waals surface area (Å²) in [4.78, 5) is 33.1. The Morgan fingerprint density at radius 2 is 1.90 bits per heavy atom. The van der Waals surface area contributed by atoms with Gasteiger partial charge in [-0.1, -0.05) is 12.1 Å². The van der Waals surface area contributed by atoms with Crippen molar-refractivity contribution in [2.24, 2.45) is 5.92 Å². The van der Waals surface area contributed by atoms with Gasteiger partial charge in [-0.3, -0.25) is 19.7 Å². The highest BCUT2D eigenvalue weighted by Crippen LogP contribution is 2.21. The average Bonchev–Trinajstić information content (AvgIpc) is 2.45. The molecule has 1 rings (SSSR count). The molecule has 0 fully saturated rings. The van der Waals surface area contributed by atoms with Crippen molar-refractivity contribution in [3.8, 4) is 0 Å². The maximum Gasteiger partial charge on any atom is 0.308 e. The van der Waals surface area contributed by atoms with Crippen LogP contribution in [0.25, 0.3) is 0 Å². The number of carboxylic acid groups (broad SMARTS) is 1. The van der Waals surface area contributed by atoms with E-state index in [4.69, 9.17) is 5.11 Å². The molecule has 0 aliphatic heterocycles. The summed E-state index contributed by atoms with van der Waals surface area (Å²) in [7, 11) is 0. The van der Waals surface area contributed by atoms with Crippen LogP contribution >= 0.6 is 0 Å². The molecule has 1 amide bonds. The Morgan fingerprint density at radius 3 is 2.43 bits per heavy atom. The van der Waals surface area contributed by atoms with E-state index in [0.29, 0.717) is 5.56 Å². The lowest BCUT2D eigenvalue weighted by atomic mass is 9.98. The van der Waals surface area contributed by atoms with Gasteiger partial charge in [-0.2, -0.15) is 0 Å². The topological polar surface area (TPSA) is 110 Å². The quantitative estimate of drug-likeness (QED) is 0.615. The molecular formula is C14H18N2O5. The van der Waals surface area contributed by atoms with Crippen LogP contribution in [0, 0.1) is 16.0 Å². The van der Waals surface area contributed by atoms with Crippen molar-refractivity contribution >= 4 is 17.6 Å². The summed E-state index contributed by atoms with van der Waals surface area (Å²) in [5.74, 6) is -2.68. The molecule has 0 heterocycles. The molecule has 0 radical (unpaired) electrons. The number of hydrogen-bond acceptors (Lipinski definition) is 4. The van der Waals surface area contributed by atoms with Crippen LogP contribution in [0.4, 0.5) is 5.69 Å². The summed E-state index contributed by atoms with van der Waals surface area (Å²) in [6, 6.07) is 5.30. The highest BCUT2D eigenvalue weighted by atomic mass is 16.6. The van der Waals surface area contributed by atoms with E-state index in [2.05, 4.69) is 5.32 Å². The Balaban J connectivity index is 2.81. The van der Waals surface area contributed by atoms with Crippen molar-refractivity contribution in [1.29, 1.82) is 0 Å². The second-order valence-corrected chi connectivity index (χ2v) is 5.00.